The molecule has 0 radical (unpaired) electrons. The predicted molar refractivity (Wildman–Crippen MR) is 129 cm³/mol. The van der Waals surface area contributed by atoms with Crippen LogP contribution in [0.25, 0.3) is 0 Å². The second-order valence-electron chi connectivity index (χ2n) is 8.41. The van der Waals surface area contributed by atoms with Crippen molar-refractivity contribution in [2.45, 2.75) is 41.5 Å². The summed E-state index contributed by atoms with van der Waals surface area (Å²) in [4.78, 5) is 21.2. The smallest absolute Gasteiger partial charge is 0.475 e. The number of carboxylic acid groups (broad SMARTS) is 1. The summed E-state index contributed by atoms with van der Waals surface area (Å²) in [5.41, 5.74) is 7.83. The third kappa shape index (κ3) is 5.56. The lowest BCUT2D eigenvalue weighted by molar-refractivity contribution is -0.192. The molecule has 4 heterocycles. The van der Waals surface area contributed by atoms with Gasteiger partial charge in [0.25, 0.3) is 0 Å². The number of anilines is 1. The van der Waals surface area contributed by atoms with Gasteiger partial charge in [-0.05, 0) is 31.0 Å². The summed E-state index contributed by atoms with van der Waals surface area (Å²) in [6.45, 7) is 2.74. The summed E-state index contributed by atoms with van der Waals surface area (Å²) < 4.78 is 33.8. The van der Waals surface area contributed by atoms with Crippen LogP contribution in [0.4, 0.5) is 19.0 Å². The van der Waals surface area contributed by atoms with Crippen LogP contribution in [0.2, 0.25) is 10.0 Å². The molecule has 8 nitrogen and oxygen atoms in total. The second kappa shape index (κ2) is 10.4. The molecule has 0 unspecified atom stereocenters. The number of piperidine rings is 1. The molecule has 0 amide bonds. The fourth-order valence-electron chi connectivity index (χ4n) is 4.30. The van der Waals surface area contributed by atoms with E-state index in [0.29, 0.717) is 10.0 Å². The molecule has 3 N–H and O–H groups in total. The van der Waals surface area contributed by atoms with Gasteiger partial charge in [0.15, 0.2) is 0 Å². The lowest BCUT2D eigenvalue weighted by Crippen LogP contribution is -2.45. The first kappa shape index (κ1) is 26.5. The monoisotopic (exact) mass is 560 g/mol. The van der Waals surface area contributed by atoms with Crippen LogP contribution in [0.5, 0.6) is 0 Å². The number of hydrogen-bond donors (Lipinski definition) is 2. The number of alkyl halides is 3. The summed E-state index contributed by atoms with van der Waals surface area (Å²) in [5, 5.41) is 13.4. The Kier molecular flexibility index (Phi) is 7.69. The second-order valence-corrected chi connectivity index (χ2v) is 10.3. The van der Waals surface area contributed by atoms with Crippen LogP contribution >= 0.6 is 35.0 Å². The summed E-state index contributed by atoms with van der Waals surface area (Å²) in [7, 11) is 0. The molecule has 1 saturated heterocycles. The largest absolute Gasteiger partial charge is 0.490 e. The minimum Gasteiger partial charge on any atom is -0.475 e. The molecule has 1 spiro atoms. The third-order valence-electron chi connectivity index (χ3n) is 6.26. The number of hydrogen-bond acceptors (Lipinski definition) is 7. The highest BCUT2D eigenvalue weighted by molar-refractivity contribution is 7.99. The van der Waals surface area contributed by atoms with Gasteiger partial charge in [-0.15, -0.1) is 0 Å². The van der Waals surface area contributed by atoms with Crippen LogP contribution in [0, 0.1) is 5.41 Å². The minimum absolute atomic E-state index is 0.0551. The van der Waals surface area contributed by atoms with E-state index in [9.17, 15) is 13.2 Å². The van der Waals surface area contributed by atoms with E-state index in [4.69, 9.17) is 38.8 Å². The van der Waals surface area contributed by atoms with Gasteiger partial charge in [0.05, 0.1) is 34.2 Å². The summed E-state index contributed by atoms with van der Waals surface area (Å²) in [6, 6.07) is 7.67. The molecule has 192 valence electrons. The zero-order valence-electron chi connectivity index (χ0n) is 18.6. The number of aromatic nitrogens is 4. The Morgan fingerprint density at radius 3 is 2.44 bits per heavy atom. The molecular weight excluding hydrogens is 540 g/mol. The van der Waals surface area contributed by atoms with E-state index in [1.807, 2.05) is 30.6 Å². The van der Waals surface area contributed by atoms with Crippen LogP contribution < -0.4 is 10.6 Å². The van der Waals surface area contributed by atoms with Crippen LogP contribution in [0.1, 0.15) is 24.6 Å². The predicted octanol–water partition coefficient (Wildman–Crippen LogP) is 5.06. The Balaban J connectivity index is 0.000000384. The van der Waals surface area contributed by atoms with Crippen molar-refractivity contribution < 1.29 is 23.1 Å². The van der Waals surface area contributed by atoms with E-state index >= 15 is 0 Å². The molecule has 3 aromatic rings. The van der Waals surface area contributed by atoms with Gasteiger partial charge in [0.2, 0.25) is 0 Å². The molecular formula is C22H21Cl2F3N6O2S. The van der Waals surface area contributed by atoms with Crippen molar-refractivity contribution in [1.82, 2.24) is 19.7 Å². The first-order chi connectivity index (χ1) is 17.0. The quantitative estimate of drug-likeness (QED) is 0.457. The fourth-order valence-corrected chi connectivity index (χ4v) is 5.56. The highest BCUT2D eigenvalue weighted by atomic mass is 35.5. The van der Waals surface area contributed by atoms with Gasteiger partial charge in [0.1, 0.15) is 10.8 Å². The third-order valence-corrected chi connectivity index (χ3v) is 8.17. The highest BCUT2D eigenvalue weighted by Crippen LogP contribution is 2.47. The maximum atomic E-state index is 10.6. The standard InChI is InChI=1S/C20H20Cl2N6S.C2HF3O2/c21-13-2-1-3-15(18(13)22)29-17-11-24-16(10-25-17)27-8-5-20(6-9-27)12-28-14(19(20)23)4-7-26-28;3-2(4,5)1(6)7/h1-4,7,10-11,19H,5-6,8-9,12,23H2;(H,6,7)/t19-;/m1./s1. The normalized spacial score (nSPS) is 18.5. The number of carbonyl (C=O) groups is 1. The van der Waals surface area contributed by atoms with Crippen LogP contribution in [0.3, 0.4) is 0 Å². The number of halogens is 5. The number of aliphatic carboxylic acids is 1. The van der Waals surface area contributed by atoms with E-state index in [-0.39, 0.29) is 11.5 Å². The molecule has 14 heteroatoms. The van der Waals surface area contributed by atoms with Crippen molar-refractivity contribution in [3.8, 4) is 0 Å². The van der Waals surface area contributed by atoms with E-state index in [2.05, 4.69) is 24.6 Å². The van der Waals surface area contributed by atoms with E-state index in [1.165, 1.54) is 11.8 Å². The molecule has 1 fully saturated rings. The lowest BCUT2D eigenvalue weighted by atomic mass is 9.73. The van der Waals surface area contributed by atoms with E-state index in [1.54, 1.807) is 12.3 Å². The minimum atomic E-state index is -5.08. The molecule has 5 rings (SSSR count). The van der Waals surface area contributed by atoms with Gasteiger partial charge in [-0.1, -0.05) is 41.0 Å². The molecule has 1 atom stereocenters. The summed E-state index contributed by atoms with van der Waals surface area (Å²) in [6.07, 6.45) is 2.42. The van der Waals surface area contributed by atoms with Crippen molar-refractivity contribution in [3.05, 3.63) is 58.6 Å². The van der Waals surface area contributed by atoms with Gasteiger partial charge in [0, 0.05) is 36.1 Å². The number of carboxylic acids is 1. The van der Waals surface area contributed by atoms with Crippen molar-refractivity contribution in [2.75, 3.05) is 18.0 Å². The Morgan fingerprint density at radius 1 is 1.17 bits per heavy atom. The van der Waals surface area contributed by atoms with Crippen LogP contribution in [-0.4, -0.2) is 50.1 Å². The van der Waals surface area contributed by atoms with Gasteiger partial charge >= 0.3 is 12.1 Å². The fraction of sp³-hybridized carbons (Fsp3) is 0.364. The number of rotatable bonds is 3. The van der Waals surface area contributed by atoms with Gasteiger partial charge in [-0.3, -0.25) is 4.68 Å². The van der Waals surface area contributed by atoms with Crippen molar-refractivity contribution in [1.29, 1.82) is 0 Å². The number of nitrogens with two attached hydrogens (primary N) is 1. The van der Waals surface area contributed by atoms with Gasteiger partial charge < -0.3 is 15.7 Å². The summed E-state index contributed by atoms with van der Waals surface area (Å²) >= 11 is 13.8. The van der Waals surface area contributed by atoms with Crippen molar-refractivity contribution >= 4 is 46.8 Å². The maximum Gasteiger partial charge on any atom is 0.490 e. The molecule has 36 heavy (non-hydrogen) atoms. The van der Waals surface area contributed by atoms with Crippen molar-refractivity contribution in [2.24, 2.45) is 11.1 Å². The molecule has 2 aliphatic rings. The molecule has 1 aromatic carbocycles. The number of benzene rings is 1. The van der Waals surface area contributed by atoms with E-state index < -0.39 is 12.1 Å². The molecule has 2 aromatic heterocycles. The van der Waals surface area contributed by atoms with E-state index in [0.717, 1.165) is 53.9 Å². The topological polar surface area (TPSA) is 110 Å². The average Bonchev–Trinajstić information content (AvgIpc) is 3.39. The Bertz CT molecular complexity index is 1230. The Labute approximate surface area is 218 Å². The first-order valence-electron chi connectivity index (χ1n) is 10.8. The average molecular weight is 561 g/mol. The molecule has 2 aliphatic heterocycles. The van der Waals surface area contributed by atoms with Gasteiger partial charge in [-0.2, -0.15) is 18.3 Å². The first-order valence-corrected chi connectivity index (χ1v) is 12.3. The Morgan fingerprint density at radius 2 is 1.86 bits per heavy atom. The SMILES string of the molecule is N[C@@H]1c2ccnn2CC12CCN(c1cnc(Sc3cccc(Cl)c3Cl)cn1)CC2.O=C(O)C(F)(F)F. The molecule has 0 aliphatic carbocycles. The highest BCUT2D eigenvalue weighted by Gasteiger charge is 2.47. The van der Waals surface area contributed by atoms with Crippen LogP contribution in [0.15, 0.2) is 52.8 Å². The lowest BCUT2D eigenvalue weighted by Gasteiger charge is -2.41. The Hall–Kier alpha value is -2.54. The van der Waals surface area contributed by atoms with Crippen LogP contribution in [-0.2, 0) is 11.3 Å². The zero-order chi connectivity index (χ0) is 26.1. The molecule has 0 bridgehead atoms. The van der Waals surface area contributed by atoms with Crippen molar-refractivity contribution in [3.63, 3.8) is 0 Å². The maximum absolute atomic E-state index is 10.6. The number of nitrogens with zero attached hydrogens (tertiary/aromatic N) is 5. The summed E-state index contributed by atoms with van der Waals surface area (Å²) in [5.74, 6) is -1.86. The zero-order valence-corrected chi connectivity index (χ0v) is 20.9. The number of fused-ring (bicyclic) bond motifs is 1. The van der Waals surface area contributed by atoms with Gasteiger partial charge in [-0.25, -0.2) is 14.8 Å². The molecule has 0 saturated carbocycles.